The third-order valence-corrected chi connectivity index (χ3v) is 5.26. The van der Waals surface area contributed by atoms with Crippen LogP contribution < -0.4 is 0 Å². The van der Waals surface area contributed by atoms with E-state index in [4.69, 9.17) is 9.47 Å². The second-order valence-electron chi connectivity index (χ2n) is 7.11. The highest BCUT2D eigenvalue weighted by Crippen LogP contribution is 2.49. The normalized spacial score (nSPS) is 30.0. The summed E-state index contributed by atoms with van der Waals surface area (Å²) in [6.45, 7) is 5.52. The molecule has 1 fully saturated rings. The van der Waals surface area contributed by atoms with Gasteiger partial charge in [-0.3, -0.25) is 14.4 Å². The molecular formula is C21H24O5. The Morgan fingerprint density at radius 1 is 1.27 bits per heavy atom. The Hall–Kier alpha value is -2.43. The van der Waals surface area contributed by atoms with Gasteiger partial charge in [-0.05, 0) is 44.1 Å². The summed E-state index contributed by atoms with van der Waals surface area (Å²) < 4.78 is 11.1. The maximum atomic E-state index is 12.7. The van der Waals surface area contributed by atoms with E-state index >= 15 is 0 Å². The molecule has 0 aromatic rings. The number of carbonyl (C=O) groups is 3. The van der Waals surface area contributed by atoms with Crippen LogP contribution >= 0.6 is 0 Å². The van der Waals surface area contributed by atoms with Crippen molar-refractivity contribution < 1.29 is 23.9 Å². The smallest absolute Gasteiger partial charge is 0.318 e. The molecule has 5 heteroatoms. The van der Waals surface area contributed by atoms with Crippen LogP contribution in [0.15, 0.2) is 47.5 Å². The van der Waals surface area contributed by atoms with Crippen LogP contribution in [-0.4, -0.2) is 23.1 Å². The lowest BCUT2D eigenvalue weighted by Gasteiger charge is -2.35. The first-order valence-corrected chi connectivity index (χ1v) is 9.15. The summed E-state index contributed by atoms with van der Waals surface area (Å²) in [5, 5.41) is 0. The Kier molecular flexibility index (Phi) is 4.99. The minimum Gasteiger partial charge on any atom is -0.465 e. The second kappa shape index (κ2) is 7.06. The molecule has 0 amide bonds. The molecule has 0 unspecified atom stereocenters. The van der Waals surface area contributed by atoms with E-state index in [1.54, 1.807) is 25.3 Å². The number of ketones is 2. The zero-order valence-corrected chi connectivity index (χ0v) is 15.4. The van der Waals surface area contributed by atoms with E-state index in [1.807, 2.05) is 13.0 Å². The molecule has 2 aliphatic heterocycles. The van der Waals surface area contributed by atoms with Gasteiger partial charge in [0.15, 0.2) is 11.4 Å². The highest BCUT2D eigenvalue weighted by molar-refractivity contribution is 6.09. The molecule has 0 aromatic heterocycles. The van der Waals surface area contributed by atoms with Crippen molar-refractivity contribution in [3.63, 3.8) is 0 Å². The van der Waals surface area contributed by atoms with Crippen LogP contribution in [-0.2, 0) is 23.9 Å². The van der Waals surface area contributed by atoms with Crippen molar-refractivity contribution in [3.05, 3.63) is 47.5 Å². The van der Waals surface area contributed by atoms with Gasteiger partial charge in [0.25, 0.3) is 0 Å². The summed E-state index contributed by atoms with van der Waals surface area (Å²) in [7, 11) is 0. The van der Waals surface area contributed by atoms with Gasteiger partial charge in [-0.2, -0.15) is 0 Å². The SMILES string of the molecule is C/C=C\C1=CC2=CC(=O)[C@]3(C)OC(=O)[C@@H](C(=O)CCCCC)[C@@H]3C2=CO1. The Morgan fingerprint density at radius 3 is 2.73 bits per heavy atom. The highest BCUT2D eigenvalue weighted by Gasteiger charge is 2.62. The van der Waals surface area contributed by atoms with Crippen LogP contribution in [0.5, 0.6) is 0 Å². The first-order valence-electron chi connectivity index (χ1n) is 9.15. The molecule has 5 nitrogen and oxygen atoms in total. The minimum atomic E-state index is -1.34. The number of rotatable bonds is 6. The molecule has 2 heterocycles. The molecule has 0 N–H and O–H groups in total. The molecule has 138 valence electrons. The van der Waals surface area contributed by atoms with Crippen LogP contribution in [0, 0.1) is 11.8 Å². The zero-order valence-electron chi connectivity index (χ0n) is 15.4. The number of esters is 1. The van der Waals surface area contributed by atoms with Gasteiger partial charge >= 0.3 is 5.97 Å². The first-order chi connectivity index (χ1) is 12.4. The lowest BCUT2D eigenvalue weighted by molar-refractivity contribution is -0.156. The van der Waals surface area contributed by atoms with Crippen LogP contribution in [0.3, 0.4) is 0 Å². The van der Waals surface area contributed by atoms with Crippen LogP contribution in [0.25, 0.3) is 0 Å². The average molecular weight is 356 g/mol. The van der Waals surface area contributed by atoms with Gasteiger partial charge in [0.05, 0.1) is 12.2 Å². The van der Waals surface area contributed by atoms with E-state index in [1.165, 1.54) is 6.08 Å². The molecule has 0 radical (unpaired) electrons. The monoisotopic (exact) mass is 356 g/mol. The quantitative estimate of drug-likeness (QED) is 0.413. The number of hydrogen-bond acceptors (Lipinski definition) is 5. The summed E-state index contributed by atoms with van der Waals surface area (Å²) in [4.78, 5) is 38.0. The molecule has 3 aliphatic rings. The Morgan fingerprint density at radius 2 is 2.04 bits per heavy atom. The summed E-state index contributed by atoms with van der Waals surface area (Å²) in [5.41, 5.74) is 0.0220. The van der Waals surface area contributed by atoms with Crippen molar-refractivity contribution in [2.45, 2.75) is 52.1 Å². The van der Waals surface area contributed by atoms with E-state index in [0.29, 0.717) is 23.3 Å². The van der Waals surface area contributed by atoms with E-state index in [2.05, 4.69) is 6.92 Å². The average Bonchev–Trinajstić information content (AvgIpc) is 2.87. The summed E-state index contributed by atoms with van der Waals surface area (Å²) in [5.74, 6) is -2.03. The molecular weight excluding hydrogens is 332 g/mol. The van der Waals surface area contributed by atoms with Gasteiger partial charge in [0, 0.05) is 12.0 Å². The van der Waals surface area contributed by atoms with E-state index < -0.39 is 23.4 Å². The van der Waals surface area contributed by atoms with E-state index in [-0.39, 0.29) is 11.6 Å². The third kappa shape index (κ3) is 2.96. The van der Waals surface area contributed by atoms with Gasteiger partial charge in [0.1, 0.15) is 17.5 Å². The molecule has 3 rings (SSSR count). The highest BCUT2D eigenvalue weighted by atomic mass is 16.6. The van der Waals surface area contributed by atoms with Crippen molar-refractivity contribution in [1.29, 1.82) is 0 Å². The summed E-state index contributed by atoms with van der Waals surface area (Å²) in [6, 6.07) is 0. The number of allylic oxidation sites excluding steroid dienone is 4. The number of ether oxygens (including phenoxy) is 2. The molecule has 0 saturated carbocycles. The van der Waals surface area contributed by atoms with Gasteiger partial charge < -0.3 is 9.47 Å². The van der Waals surface area contributed by atoms with Crippen LogP contribution in [0.2, 0.25) is 0 Å². The van der Waals surface area contributed by atoms with Gasteiger partial charge in [-0.25, -0.2) is 0 Å². The lowest BCUT2D eigenvalue weighted by atomic mass is 9.67. The van der Waals surface area contributed by atoms with Gasteiger partial charge in [-0.1, -0.05) is 25.8 Å². The number of Topliss-reactive ketones (excluding diaryl/α,β-unsaturated/α-hetero) is 1. The predicted octanol–water partition coefficient (Wildman–Crippen LogP) is 3.57. The zero-order chi connectivity index (χ0) is 18.9. The number of unbranched alkanes of at least 4 members (excludes halogenated alkanes) is 2. The van der Waals surface area contributed by atoms with Crippen LogP contribution in [0.1, 0.15) is 46.5 Å². The van der Waals surface area contributed by atoms with Crippen molar-refractivity contribution >= 4 is 17.5 Å². The lowest BCUT2D eigenvalue weighted by Crippen LogP contribution is -2.46. The van der Waals surface area contributed by atoms with Crippen molar-refractivity contribution in [2.75, 3.05) is 0 Å². The standard InChI is InChI=1S/C21H24O5/c1-4-6-7-9-16(22)18-19-15-12-25-14(8-5-2)10-13(15)11-17(23)21(19,3)26-20(18)24/h5,8,10-12,18-19H,4,6-7,9H2,1-3H3/b8-5-/t18-,19-,21-/m0/s1. The largest absolute Gasteiger partial charge is 0.465 e. The molecule has 1 saturated heterocycles. The molecule has 26 heavy (non-hydrogen) atoms. The van der Waals surface area contributed by atoms with E-state index in [9.17, 15) is 14.4 Å². The fourth-order valence-electron chi connectivity index (χ4n) is 3.88. The topological polar surface area (TPSA) is 69.7 Å². The summed E-state index contributed by atoms with van der Waals surface area (Å²) >= 11 is 0. The number of hydrogen-bond donors (Lipinski definition) is 0. The molecule has 0 spiro atoms. The Bertz CT molecular complexity index is 767. The maximum absolute atomic E-state index is 12.7. The fourth-order valence-corrected chi connectivity index (χ4v) is 3.88. The van der Waals surface area contributed by atoms with Gasteiger partial charge in [-0.15, -0.1) is 0 Å². The van der Waals surface area contributed by atoms with Gasteiger partial charge in [0.2, 0.25) is 0 Å². The van der Waals surface area contributed by atoms with E-state index in [0.717, 1.165) is 19.3 Å². The number of carbonyl (C=O) groups excluding carboxylic acids is 3. The molecule has 0 aromatic carbocycles. The molecule has 1 aliphatic carbocycles. The van der Waals surface area contributed by atoms with Crippen molar-refractivity contribution in [1.82, 2.24) is 0 Å². The third-order valence-electron chi connectivity index (χ3n) is 5.26. The van der Waals surface area contributed by atoms with Crippen molar-refractivity contribution in [3.8, 4) is 0 Å². The Labute approximate surface area is 153 Å². The minimum absolute atomic E-state index is 0.157. The second-order valence-corrected chi connectivity index (χ2v) is 7.11. The maximum Gasteiger partial charge on any atom is 0.318 e. The first kappa shape index (κ1) is 18.4. The molecule has 3 atom stereocenters. The Balaban J connectivity index is 1.96. The predicted molar refractivity (Wildman–Crippen MR) is 95.8 cm³/mol. The number of fused-ring (bicyclic) bond motifs is 3. The molecule has 0 bridgehead atoms. The van der Waals surface area contributed by atoms with Crippen molar-refractivity contribution in [2.24, 2.45) is 11.8 Å². The fraction of sp³-hybridized carbons (Fsp3) is 0.476. The summed E-state index contributed by atoms with van der Waals surface area (Å²) in [6.07, 6.45) is 11.4. The van der Waals surface area contributed by atoms with Crippen LogP contribution in [0.4, 0.5) is 0 Å².